The first kappa shape index (κ1) is 27.2. The number of benzene rings is 3. The Morgan fingerprint density at radius 2 is 1.56 bits per heavy atom. The Hall–Kier alpha value is -4.02. The maximum atomic E-state index is 13.8. The van der Waals surface area contributed by atoms with Crippen LogP contribution in [0, 0.1) is 13.8 Å². The summed E-state index contributed by atoms with van der Waals surface area (Å²) in [5.41, 5.74) is 5.09. The summed E-state index contributed by atoms with van der Waals surface area (Å²) in [4.78, 5) is 4.59. The summed E-state index contributed by atoms with van der Waals surface area (Å²) in [7, 11) is 2.09. The Kier molecular flexibility index (Phi) is 7.13. The fraction of sp³-hybridized carbons (Fsp3) is 0.323. The second-order valence-corrected chi connectivity index (χ2v) is 10.8. The van der Waals surface area contributed by atoms with E-state index in [2.05, 4.69) is 55.1 Å². The molecule has 1 aliphatic heterocycles. The molecule has 0 radical (unpaired) electrons. The van der Waals surface area contributed by atoms with Crippen molar-refractivity contribution >= 4 is 10.9 Å². The fourth-order valence-corrected chi connectivity index (χ4v) is 5.98. The van der Waals surface area contributed by atoms with Crippen LogP contribution in [-0.4, -0.2) is 60.8 Å². The van der Waals surface area contributed by atoms with Crippen molar-refractivity contribution < 1.29 is 13.2 Å². The van der Waals surface area contributed by atoms with E-state index in [0.717, 1.165) is 42.5 Å². The van der Waals surface area contributed by atoms with Crippen molar-refractivity contribution in [3.05, 3.63) is 107 Å². The molecule has 0 spiro atoms. The number of nitrogens with zero attached hydrogens (tertiary/aromatic N) is 7. The van der Waals surface area contributed by atoms with E-state index in [0.29, 0.717) is 24.5 Å². The van der Waals surface area contributed by atoms with Crippen LogP contribution in [0.25, 0.3) is 16.6 Å². The number of fused-ring (bicyclic) bond motifs is 1. The van der Waals surface area contributed by atoms with Crippen molar-refractivity contribution in [3.63, 3.8) is 0 Å². The average Bonchev–Trinajstić information content (AvgIpc) is 3.54. The third-order valence-corrected chi connectivity index (χ3v) is 8.13. The van der Waals surface area contributed by atoms with Crippen LogP contribution >= 0.6 is 0 Å². The summed E-state index contributed by atoms with van der Waals surface area (Å²) in [6, 6.07) is 21.5. The Labute approximate surface area is 236 Å². The van der Waals surface area contributed by atoms with Crippen molar-refractivity contribution in [1.82, 2.24) is 34.6 Å². The lowest BCUT2D eigenvalue weighted by Crippen LogP contribution is -2.48. The number of hydrogen-bond acceptors (Lipinski definition) is 5. The molecule has 1 atom stereocenters. The summed E-state index contributed by atoms with van der Waals surface area (Å²) in [5.74, 6) is 0.504. The summed E-state index contributed by atoms with van der Waals surface area (Å²) in [6.45, 7) is 7.62. The quantitative estimate of drug-likeness (QED) is 0.267. The Bertz CT molecular complexity index is 1660. The number of hydrogen-bond donors (Lipinski definition) is 0. The molecule has 1 fully saturated rings. The van der Waals surface area contributed by atoms with E-state index >= 15 is 0 Å². The molecule has 2 aromatic heterocycles. The lowest BCUT2D eigenvalue weighted by Gasteiger charge is -2.39. The Morgan fingerprint density at radius 3 is 2.27 bits per heavy atom. The second kappa shape index (κ2) is 10.8. The standard InChI is InChI=1S/C31H32F3N7/c1-21-8-6-9-22(2)28(21)41-30(35-36-37-41)29(24-11-7-12-25(18-24)31(32,33)34)40-16-14-39(15-17-40)20-26-19-23-10-4-5-13-27(23)38(26)3/h4-13,18-19,29H,14-17,20H2,1-3H3. The van der Waals surface area contributed by atoms with Gasteiger partial charge in [0.1, 0.15) is 0 Å². The SMILES string of the molecule is Cc1cccc(C)c1-n1nnnc1C(c1cccc(C(F)(F)F)c1)N1CCN(Cc2cc3ccccc3n2C)CC1. The summed E-state index contributed by atoms with van der Waals surface area (Å²) in [6.07, 6.45) is -4.45. The zero-order valence-electron chi connectivity index (χ0n) is 23.3. The molecule has 5 aromatic rings. The highest BCUT2D eigenvalue weighted by Crippen LogP contribution is 2.35. The fourth-order valence-electron chi connectivity index (χ4n) is 5.98. The van der Waals surface area contributed by atoms with Crippen LogP contribution in [0.2, 0.25) is 0 Å². The maximum Gasteiger partial charge on any atom is 0.416 e. The van der Waals surface area contributed by atoms with E-state index in [1.807, 2.05) is 44.2 Å². The van der Waals surface area contributed by atoms with Gasteiger partial charge in [0.25, 0.3) is 0 Å². The third-order valence-electron chi connectivity index (χ3n) is 8.13. The number of tetrazole rings is 1. The number of halogens is 3. The molecular weight excluding hydrogens is 527 g/mol. The van der Waals surface area contributed by atoms with Gasteiger partial charge in [0.05, 0.1) is 17.3 Å². The molecule has 1 saturated heterocycles. The van der Waals surface area contributed by atoms with Gasteiger partial charge in [-0.05, 0) is 70.6 Å². The molecule has 0 aliphatic carbocycles. The molecule has 0 bridgehead atoms. The zero-order valence-corrected chi connectivity index (χ0v) is 23.3. The first-order chi connectivity index (χ1) is 19.7. The van der Waals surface area contributed by atoms with Gasteiger partial charge < -0.3 is 4.57 Å². The predicted molar refractivity (Wildman–Crippen MR) is 152 cm³/mol. The highest BCUT2D eigenvalue weighted by atomic mass is 19.4. The van der Waals surface area contributed by atoms with E-state index in [-0.39, 0.29) is 0 Å². The number of piperazine rings is 1. The van der Waals surface area contributed by atoms with Crippen LogP contribution < -0.4 is 0 Å². The minimum absolute atomic E-state index is 0.504. The van der Waals surface area contributed by atoms with E-state index < -0.39 is 17.8 Å². The third kappa shape index (κ3) is 5.25. The molecule has 0 saturated carbocycles. The molecule has 6 rings (SSSR count). The van der Waals surface area contributed by atoms with Gasteiger partial charge in [-0.15, -0.1) is 5.10 Å². The largest absolute Gasteiger partial charge is 0.416 e. The molecule has 1 aliphatic rings. The number of alkyl halides is 3. The van der Waals surface area contributed by atoms with Crippen LogP contribution in [0.5, 0.6) is 0 Å². The second-order valence-electron chi connectivity index (χ2n) is 10.8. The van der Waals surface area contributed by atoms with E-state index in [1.165, 1.54) is 28.7 Å². The van der Waals surface area contributed by atoms with E-state index in [4.69, 9.17) is 0 Å². The van der Waals surface area contributed by atoms with E-state index in [1.54, 1.807) is 10.7 Å². The average molecular weight is 560 g/mol. The van der Waals surface area contributed by atoms with Crippen molar-refractivity contribution in [3.8, 4) is 5.69 Å². The van der Waals surface area contributed by atoms with Gasteiger partial charge in [0, 0.05) is 51.0 Å². The maximum absolute atomic E-state index is 13.8. The number of rotatable bonds is 6. The topological polar surface area (TPSA) is 55.0 Å². The predicted octanol–water partition coefficient (Wildman–Crippen LogP) is 5.70. The summed E-state index contributed by atoms with van der Waals surface area (Å²) in [5, 5.41) is 13.9. The van der Waals surface area contributed by atoms with Gasteiger partial charge in [0.2, 0.25) is 0 Å². The number of para-hydroxylation sites is 2. The molecule has 41 heavy (non-hydrogen) atoms. The first-order valence-corrected chi connectivity index (χ1v) is 13.7. The minimum Gasteiger partial charge on any atom is -0.346 e. The number of aryl methyl sites for hydroxylation is 3. The summed E-state index contributed by atoms with van der Waals surface area (Å²) < 4.78 is 45.2. The normalized spacial score (nSPS) is 16.0. The lowest BCUT2D eigenvalue weighted by atomic mass is 10.00. The lowest BCUT2D eigenvalue weighted by molar-refractivity contribution is -0.137. The minimum atomic E-state index is -4.45. The monoisotopic (exact) mass is 559 g/mol. The van der Waals surface area contributed by atoms with Crippen molar-refractivity contribution in [2.75, 3.05) is 26.2 Å². The number of aromatic nitrogens is 5. The van der Waals surface area contributed by atoms with Crippen LogP contribution in [0.15, 0.2) is 72.8 Å². The molecule has 0 amide bonds. The molecule has 7 nitrogen and oxygen atoms in total. The molecule has 0 N–H and O–H groups in total. The van der Waals surface area contributed by atoms with Gasteiger partial charge in [-0.3, -0.25) is 9.80 Å². The van der Waals surface area contributed by atoms with Gasteiger partial charge >= 0.3 is 6.18 Å². The van der Waals surface area contributed by atoms with Crippen molar-refractivity contribution in [2.45, 2.75) is 32.6 Å². The smallest absolute Gasteiger partial charge is 0.346 e. The highest BCUT2D eigenvalue weighted by molar-refractivity contribution is 5.81. The molecule has 1 unspecified atom stereocenters. The molecule has 10 heteroatoms. The van der Waals surface area contributed by atoms with Gasteiger partial charge in [0.15, 0.2) is 5.82 Å². The van der Waals surface area contributed by atoms with Crippen LogP contribution in [0.4, 0.5) is 13.2 Å². The molecule has 212 valence electrons. The van der Waals surface area contributed by atoms with Gasteiger partial charge in [-0.25, -0.2) is 0 Å². The zero-order chi connectivity index (χ0) is 28.7. The highest BCUT2D eigenvalue weighted by Gasteiger charge is 2.35. The van der Waals surface area contributed by atoms with Crippen LogP contribution in [0.3, 0.4) is 0 Å². The first-order valence-electron chi connectivity index (χ1n) is 13.7. The molecule has 3 aromatic carbocycles. The van der Waals surface area contributed by atoms with Gasteiger partial charge in [-0.2, -0.15) is 17.9 Å². The molecule has 3 heterocycles. The molecular formula is C31H32F3N7. The van der Waals surface area contributed by atoms with Crippen LogP contribution in [-0.2, 0) is 19.8 Å². The Balaban J connectivity index is 1.32. The van der Waals surface area contributed by atoms with Crippen molar-refractivity contribution in [2.24, 2.45) is 7.05 Å². The summed E-state index contributed by atoms with van der Waals surface area (Å²) >= 11 is 0. The van der Waals surface area contributed by atoms with Crippen molar-refractivity contribution in [1.29, 1.82) is 0 Å². The van der Waals surface area contributed by atoms with Gasteiger partial charge in [-0.1, -0.05) is 48.5 Å². The van der Waals surface area contributed by atoms with Crippen LogP contribution in [0.1, 0.15) is 39.8 Å². The van der Waals surface area contributed by atoms with E-state index in [9.17, 15) is 13.2 Å². The Morgan fingerprint density at radius 1 is 0.854 bits per heavy atom.